The topological polar surface area (TPSA) is 67.5 Å². The van der Waals surface area contributed by atoms with Gasteiger partial charge in [0.15, 0.2) is 5.58 Å². The molecule has 2 aromatic rings. The molecular formula is C17H20ClN3O3. The fourth-order valence-corrected chi connectivity index (χ4v) is 3.42. The Labute approximate surface area is 144 Å². The van der Waals surface area contributed by atoms with Crippen molar-refractivity contribution in [2.24, 2.45) is 5.92 Å². The second-order valence-electron chi connectivity index (χ2n) is 6.72. The van der Waals surface area contributed by atoms with E-state index in [1.807, 2.05) is 6.07 Å². The summed E-state index contributed by atoms with van der Waals surface area (Å²) in [6.07, 6.45) is 3.89. The predicted molar refractivity (Wildman–Crippen MR) is 90.9 cm³/mol. The number of amides is 1. The fourth-order valence-electron chi connectivity index (χ4n) is 3.26. The lowest BCUT2D eigenvalue weighted by molar-refractivity contribution is -0.123. The van der Waals surface area contributed by atoms with Crippen LogP contribution in [-0.2, 0) is 11.5 Å². The summed E-state index contributed by atoms with van der Waals surface area (Å²) >= 11 is 5.94. The van der Waals surface area contributed by atoms with Gasteiger partial charge in [-0.05, 0) is 37.8 Å². The molecule has 1 aliphatic carbocycles. The first kappa shape index (κ1) is 15.7. The molecule has 2 aliphatic rings. The zero-order chi connectivity index (χ0) is 16.7. The molecule has 2 heterocycles. The molecule has 0 radical (unpaired) electrons. The molecule has 1 aromatic heterocycles. The van der Waals surface area contributed by atoms with Crippen LogP contribution >= 0.6 is 11.6 Å². The Morgan fingerprint density at radius 2 is 2.00 bits per heavy atom. The summed E-state index contributed by atoms with van der Waals surface area (Å²) in [5, 5.41) is 3.69. The van der Waals surface area contributed by atoms with Gasteiger partial charge >= 0.3 is 5.76 Å². The highest BCUT2D eigenvalue weighted by atomic mass is 35.5. The lowest BCUT2D eigenvalue weighted by Gasteiger charge is -2.32. The van der Waals surface area contributed by atoms with E-state index in [9.17, 15) is 9.59 Å². The molecule has 1 aromatic carbocycles. The Hall–Kier alpha value is -1.79. The molecule has 128 valence electrons. The van der Waals surface area contributed by atoms with Gasteiger partial charge in [-0.2, -0.15) is 0 Å². The van der Waals surface area contributed by atoms with Crippen molar-refractivity contribution in [3.05, 3.63) is 33.8 Å². The summed E-state index contributed by atoms with van der Waals surface area (Å²) in [5.74, 6) is 0.101. The van der Waals surface area contributed by atoms with Crippen LogP contribution in [0.3, 0.4) is 0 Å². The average molecular weight is 350 g/mol. The molecule has 1 aliphatic heterocycles. The first-order chi connectivity index (χ1) is 11.6. The van der Waals surface area contributed by atoms with Gasteiger partial charge < -0.3 is 9.73 Å². The van der Waals surface area contributed by atoms with Gasteiger partial charge in [0.05, 0.1) is 12.2 Å². The van der Waals surface area contributed by atoms with Gasteiger partial charge in [0, 0.05) is 36.1 Å². The number of halogens is 1. The number of carbonyl (C=O) groups excluding carboxylic acids is 1. The lowest BCUT2D eigenvalue weighted by Crippen LogP contribution is -2.46. The minimum atomic E-state index is -0.364. The van der Waals surface area contributed by atoms with E-state index in [4.69, 9.17) is 16.0 Å². The van der Waals surface area contributed by atoms with Gasteiger partial charge in [-0.3, -0.25) is 14.3 Å². The SMILES string of the molecule is O=C(NC1CCN(Cn2c(=O)oc3cc(Cl)ccc32)CC1)C1CC1. The summed E-state index contributed by atoms with van der Waals surface area (Å²) in [6.45, 7) is 2.20. The number of fused-ring (bicyclic) bond motifs is 1. The Bertz CT molecular complexity index is 816. The summed E-state index contributed by atoms with van der Waals surface area (Å²) in [7, 11) is 0. The van der Waals surface area contributed by atoms with Crippen LogP contribution in [0.25, 0.3) is 11.1 Å². The molecule has 0 spiro atoms. The molecular weight excluding hydrogens is 330 g/mol. The molecule has 4 rings (SSSR count). The van der Waals surface area contributed by atoms with E-state index in [0.29, 0.717) is 17.3 Å². The van der Waals surface area contributed by atoms with Crippen molar-refractivity contribution in [1.82, 2.24) is 14.8 Å². The number of aromatic nitrogens is 1. The normalized spacial score (nSPS) is 19.7. The first-order valence-electron chi connectivity index (χ1n) is 8.42. The molecule has 0 atom stereocenters. The number of nitrogens with one attached hydrogen (secondary N) is 1. The van der Waals surface area contributed by atoms with Crippen molar-refractivity contribution in [3.63, 3.8) is 0 Å². The zero-order valence-corrected chi connectivity index (χ0v) is 14.1. The van der Waals surface area contributed by atoms with E-state index in [2.05, 4.69) is 10.2 Å². The molecule has 0 unspecified atom stereocenters. The number of hydrogen-bond acceptors (Lipinski definition) is 4. The van der Waals surface area contributed by atoms with Crippen molar-refractivity contribution in [2.45, 2.75) is 38.4 Å². The third kappa shape index (κ3) is 3.21. The largest absolute Gasteiger partial charge is 0.421 e. The third-order valence-corrected chi connectivity index (χ3v) is 5.09. The van der Waals surface area contributed by atoms with Gasteiger partial charge in [0.25, 0.3) is 0 Å². The molecule has 1 saturated heterocycles. The van der Waals surface area contributed by atoms with Crippen LogP contribution < -0.4 is 11.1 Å². The van der Waals surface area contributed by atoms with Gasteiger partial charge in [-0.15, -0.1) is 0 Å². The maximum absolute atomic E-state index is 12.1. The van der Waals surface area contributed by atoms with Crippen molar-refractivity contribution in [3.8, 4) is 0 Å². The van der Waals surface area contributed by atoms with Crippen molar-refractivity contribution >= 4 is 28.6 Å². The minimum Gasteiger partial charge on any atom is -0.408 e. The number of oxazole rings is 1. The molecule has 1 N–H and O–H groups in total. The number of benzene rings is 1. The van der Waals surface area contributed by atoms with Gasteiger partial charge in [0.1, 0.15) is 0 Å². The highest BCUT2D eigenvalue weighted by molar-refractivity contribution is 6.31. The number of likely N-dealkylation sites (tertiary alicyclic amines) is 1. The Kier molecular flexibility index (Phi) is 4.10. The third-order valence-electron chi connectivity index (χ3n) is 4.85. The van der Waals surface area contributed by atoms with Gasteiger partial charge in [-0.1, -0.05) is 11.6 Å². The summed E-state index contributed by atoms with van der Waals surface area (Å²) in [4.78, 5) is 26.1. The molecule has 2 fully saturated rings. The van der Waals surface area contributed by atoms with Crippen molar-refractivity contribution < 1.29 is 9.21 Å². The van der Waals surface area contributed by atoms with Crippen LogP contribution in [0.15, 0.2) is 27.4 Å². The first-order valence-corrected chi connectivity index (χ1v) is 8.79. The van der Waals surface area contributed by atoms with Crippen LogP contribution in [0.4, 0.5) is 0 Å². The van der Waals surface area contributed by atoms with Crippen LogP contribution in [0.2, 0.25) is 5.02 Å². The van der Waals surface area contributed by atoms with E-state index < -0.39 is 0 Å². The van der Waals surface area contributed by atoms with Gasteiger partial charge in [0.2, 0.25) is 5.91 Å². The number of nitrogens with zero attached hydrogens (tertiary/aromatic N) is 2. The predicted octanol–water partition coefficient (Wildman–Crippen LogP) is 2.20. The monoisotopic (exact) mass is 349 g/mol. The molecule has 0 bridgehead atoms. The summed E-state index contributed by atoms with van der Waals surface area (Å²) in [6, 6.07) is 5.49. The Morgan fingerprint density at radius 1 is 1.25 bits per heavy atom. The number of rotatable bonds is 4. The fraction of sp³-hybridized carbons (Fsp3) is 0.529. The molecule has 7 heteroatoms. The standard InChI is InChI=1S/C17H20ClN3O3/c18-12-3-4-14-15(9-12)24-17(23)21(14)10-20-7-5-13(6-8-20)19-16(22)11-1-2-11/h3-4,9,11,13H,1-2,5-8,10H2,(H,19,22). The van der Waals surface area contributed by atoms with Gasteiger partial charge in [-0.25, -0.2) is 4.79 Å². The van der Waals surface area contributed by atoms with Crippen molar-refractivity contribution in [1.29, 1.82) is 0 Å². The maximum Gasteiger partial charge on any atom is 0.421 e. The second-order valence-corrected chi connectivity index (χ2v) is 7.16. The number of carbonyl (C=O) groups is 1. The van der Waals surface area contributed by atoms with Crippen LogP contribution in [0.1, 0.15) is 25.7 Å². The molecule has 1 saturated carbocycles. The minimum absolute atomic E-state index is 0.211. The number of piperidine rings is 1. The van der Waals surface area contributed by atoms with Crippen LogP contribution in [-0.4, -0.2) is 34.5 Å². The lowest BCUT2D eigenvalue weighted by atomic mass is 10.1. The molecule has 1 amide bonds. The quantitative estimate of drug-likeness (QED) is 0.918. The smallest absolute Gasteiger partial charge is 0.408 e. The van der Waals surface area contributed by atoms with E-state index in [0.717, 1.165) is 44.3 Å². The Balaban J connectivity index is 1.39. The summed E-state index contributed by atoms with van der Waals surface area (Å²) in [5.41, 5.74) is 1.27. The van der Waals surface area contributed by atoms with Crippen LogP contribution in [0, 0.1) is 5.92 Å². The van der Waals surface area contributed by atoms with E-state index in [-0.39, 0.29) is 23.6 Å². The summed E-state index contributed by atoms with van der Waals surface area (Å²) < 4.78 is 6.90. The highest BCUT2D eigenvalue weighted by Gasteiger charge is 2.31. The van der Waals surface area contributed by atoms with E-state index in [1.54, 1.807) is 16.7 Å². The van der Waals surface area contributed by atoms with E-state index >= 15 is 0 Å². The zero-order valence-electron chi connectivity index (χ0n) is 13.3. The second kappa shape index (κ2) is 6.26. The van der Waals surface area contributed by atoms with Crippen LogP contribution in [0.5, 0.6) is 0 Å². The average Bonchev–Trinajstić information content (AvgIpc) is 3.36. The highest BCUT2D eigenvalue weighted by Crippen LogP contribution is 2.29. The van der Waals surface area contributed by atoms with E-state index in [1.165, 1.54) is 0 Å². The molecule has 24 heavy (non-hydrogen) atoms. The van der Waals surface area contributed by atoms with Crippen molar-refractivity contribution in [2.75, 3.05) is 13.1 Å². The molecule has 6 nitrogen and oxygen atoms in total. The number of hydrogen-bond donors (Lipinski definition) is 1. The Morgan fingerprint density at radius 3 is 2.71 bits per heavy atom. The maximum atomic E-state index is 12.1.